The topological polar surface area (TPSA) is 86.8 Å². The van der Waals surface area contributed by atoms with Crippen molar-refractivity contribution in [3.05, 3.63) is 68.6 Å². The SMILES string of the molecule is CCOc1cc2c(cc1OC)-c1cc(=Nc3c(C)cc(C)cc3C)n(CCNC=O)c(=O)n1CCC2. The molecule has 0 aliphatic carbocycles. The van der Waals surface area contributed by atoms with Gasteiger partial charge in [-0.05, 0) is 69.4 Å². The maximum atomic E-state index is 13.8. The lowest BCUT2D eigenvalue weighted by Crippen LogP contribution is -2.42. The molecule has 8 heteroatoms. The Kier molecular flexibility index (Phi) is 7.62. The summed E-state index contributed by atoms with van der Waals surface area (Å²) in [6, 6.07) is 10.1. The van der Waals surface area contributed by atoms with Crippen molar-refractivity contribution in [3.8, 4) is 22.8 Å². The summed E-state index contributed by atoms with van der Waals surface area (Å²) in [7, 11) is 1.62. The van der Waals surface area contributed by atoms with Gasteiger partial charge < -0.3 is 14.8 Å². The van der Waals surface area contributed by atoms with Crippen LogP contribution in [-0.4, -0.2) is 35.8 Å². The van der Waals surface area contributed by atoms with Crippen LogP contribution in [0.25, 0.3) is 11.3 Å². The van der Waals surface area contributed by atoms with Crippen LogP contribution in [0.2, 0.25) is 0 Å². The third-order valence-corrected chi connectivity index (χ3v) is 6.51. The molecule has 0 bridgehead atoms. The van der Waals surface area contributed by atoms with Gasteiger partial charge in [0, 0.05) is 31.3 Å². The van der Waals surface area contributed by atoms with E-state index in [-0.39, 0.29) is 5.69 Å². The number of amides is 1. The highest BCUT2D eigenvalue weighted by molar-refractivity contribution is 5.69. The van der Waals surface area contributed by atoms with Crippen LogP contribution in [0.4, 0.5) is 5.69 Å². The molecule has 1 aromatic heterocycles. The predicted octanol–water partition coefficient (Wildman–Crippen LogP) is 3.57. The molecule has 190 valence electrons. The summed E-state index contributed by atoms with van der Waals surface area (Å²) in [6.45, 7) is 9.84. The summed E-state index contributed by atoms with van der Waals surface area (Å²) < 4.78 is 14.9. The Morgan fingerprint density at radius 2 is 1.83 bits per heavy atom. The smallest absolute Gasteiger partial charge is 0.330 e. The predicted molar refractivity (Wildman–Crippen MR) is 140 cm³/mol. The van der Waals surface area contributed by atoms with Crippen LogP contribution >= 0.6 is 0 Å². The zero-order chi connectivity index (χ0) is 25.8. The Morgan fingerprint density at radius 3 is 2.50 bits per heavy atom. The molecule has 0 saturated heterocycles. The van der Waals surface area contributed by atoms with Gasteiger partial charge in [0.2, 0.25) is 6.41 Å². The summed E-state index contributed by atoms with van der Waals surface area (Å²) >= 11 is 0. The normalized spacial score (nSPS) is 13.0. The van der Waals surface area contributed by atoms with Crippen LogP contribution in [0.5, 0.6) is 11.5 Å². The molecule has 8 nitrogen and oxygen atoms in total. The number of aryl methyl sites for hydroxylation is 4. The number of hydrogen-bond donors (Lipinski definition) is 1. The average Bonchev–Trinajstić information content (AvgIpc) is 3.02. The monoisotopic (exact) mass is 490 g/mol. The molecular formula is C28H34N4O4. The van der Waals surface area contributed by atoms with Crippen molar-refractivity contribution in [1.29, 1.82) is 0 Å². The number of nitrogens with zero attached hydrogens (tertiary/aromatic N) is 3. The average molecular weight is 491 g/mol. The lowest BCUT2D eigenvalue weighted by Gasteiger charge is -2.18. The second-order valence-electron chi connectivity index (χ2n) is 9.10. The minimum absolute atomic E-state index is 0.151. The third kappa shape index (κ3) is 4.94. The number of ether oxygens (including phenoxy) is 2. The van der Waals surface area contributed by atoms with Crippen LogP contribution in [0, 0.1) is 20.8 Å². The number of aromatic nitrogens is 2. The zero-order valence-corrected chi connectivity index (χ0v) is 21.7. The van der Waals surface area contributed by atoms with Gasteiger partial charge in [-0.15, -0.1) is 0 Å². The van der Waals surface area contributed by atoms with Crippen LogP contribution in [0.3, 0.4) is 0 Å². The van der Waals surface area contributed by atoms with Gasteiger partial charge in [-0.1, -0.05) is 17.7 Å². The molecule has 0 unspecified atom stereocenters. The van der Waals surface area contributed by atoms with E-state index in [4.69, 9.17) is 14.5 Å². The highest BCUT2D eigenvalue weighted by Gasteiger charge is 2.21. The van der Waals surface area contributed by atoms with E-state index in [9.17, 15) is 9.59 Å². The third-order valence-electron chi connectivity index (χ3n) is 6.51. The maximum absolute atomic E-state index is 13.8. The molecule has 0 saturated carbocycles. The molecule has 0 spiro atoms. The fourth-order valence-electron chi connectivity index (χ4n) is 4.97. The van der Waals surface area contributed by atoms with Gasteiger partial charge in [0.05, 0.1) is 25.1 Å². The number of carbonyl (C=O) groups excluding carboxylic acids is 1. The Bertz CT molecular complexity index is 1400. The van der Waals surface area contributed by atoms with Crippen LogP contribution < -0.4 is 26.0 Å². The van der Waals surface area contributed by atoms with Crippen LogP contribution in [0.15, 0.2) is 40.1 Å². The number of nitrogens with one attached hydrogen (secondary N) is 1. The summed E-state index contributed by atoms with van der Waals surface area (Å²) in [5.41, 5.74) is 7.36. The Hall–Kier alpha value is -3.81. The summed E-state index contributed by atoms with van der Waals surface area (Å²) in [4.78, 5) is 29.7. The summed E-state index contributed by atoms with van der Waals surface area (Å²) in [6.07, 6.45) is 2.28. The second-order valence-corrected chi connectivity index (χ2v) is 9.10. The highest BCUT2D eigenvalue weighted by atomic mass is 16.5. The lowest BCUT2D eigenvalue weighted by atomic mass is 10.0. The minimum Gasteiger partial charge on any atom is -0.493 e. The molecule has 1 N–H and O–H groups in total. The lowest BCUT2D eigenvalue weighted by molar-refractivity contribution is -0.109. The quantitative estimate of drug-likeness (QED) is 0.386. The molecule has 1 aliphatic heterocycles. The van der Waals surface area contributed by atoms with Crippen molar-refractivity contribution in [2.45, 2.75) is 53.6 Å². The Labute approximate surface area is 211 Å². The van der Waals surface area contributed by atoms with Crippen molar-refractivity contribution in [1.82, 2.24) is 14.5 Å². The molecule has 2 aromatic carbocycles. The number of methoxy groups -OCH3 is 1. The minimum atomic E-state index is -0.151. The van der Waals surface area contributed by atoms with Crippen LogP contribution in [-0.2, 0) is 24.3 Å². The molecule has 3 aromatic rings. The van der Waals surface area contributed by atoms with Crippen LogP contribution in [0.1, 0.15) is 35.6 Å². The number of hydrogen-bond acceptors (Lipinski definition) is 5. The van der Waals surface area contributed by atoms with Gasteiger partial charge in [-0.25, -0.2) is 9.79 Å². The zero-order valence-electron chi connectivity index (χ0n) is 21.7. The van der Waals surface area contributed by atoms with E-state index in [0.29, 0.717) is 49.6 Å². The number of rotatable bonds is 8. The molecule has 0 atom stereocenters. The van der Waals surface area contributed by atoms with Gasteiger partial charge in [-0.3, -0.25) is 13.9 Å². The van der Waals surface area contributed by atoms with E-state index in [1.54, 1.807) is 16.2 Å². The van der Waals surface area contributed by atoms with Gasteiger partial charge in [0.1, 0.15) is 5.49 Å². The fraction of sp³-hybridized carbons (Fsp3) is 0.393. The van der Waals surface area contributed by atoms with Gasteiger partial charge in [0.15, 0.2) is 11.5 Å². The van der Waals surface area contributed by atoms with Crippen molar-refractivity contribution >= 4 is 12.1 Å². The standard InChI is InChI=1S/C28H34N4O4/c1-6-36-25-14-21-8-7-10-31-23(22(21)15-24(25)35-5)16-26(32(28(31)34)11-9-29-17-33)30-27-19(3)12-18(2)13-20(27)4/h12-17H,6-11H2,1-5H3,(H,29,33). The van der Waals surface area contributed by atoms with Crippen molar-refractivity contribution in [2.75, 3.05) is 20.3 Å². The molecule has 0 radical (unpaired) electrons. The maximum Gasteiger partial charge on any atom is 0.330 e. The molecule has 1 aliphatic rings. The van der Waals surface area contributed by atoms with Gasteiger partial charge >= 0.3 is 5.69 Å². The van der Waals surface area contributed by atoms with E-state index in [0.717, 1.165) is 46.5 Å². The molecule has 1 amide bonds. The van der Waals surface area contributed by atoms with Crippen molar-refractivity contribution in [3.63, 3.8) is 0 Å². The van der Waals surface area contributed by atoms with Crippen molar-refractivity contribution in [2.24, 2.45) is 4.99 Å². The molecule has 0 fully saturated rings. The first kappa shape index (κ1) is 25.3. The fourth-order valence-corrected chi connectivity index (χ4v) is 4.97. The first-order valence-corrected chi connectivity index (χ1v) is 12.4. The van der Waals surface area contributed by atoms with E-state index in [1.165, 1.54) is 5.56 Å². The first-order valence-electron chi connectivity index (χ1n) is 12.4. The molecular weight excluding hydrogens is 456 g/mol. The number of carbonyl (C=O) groups is 1. The van der Waals surface area contributed by atoms with Gasteiger partial charge in [-0.2, -0.15) is 0 Å². The highest BCUT2D eigenvalue weighted by Crippen LogP contribution is 2.37. The largest absolute Gasteiger partial charge is 0.493 e. The first-order chi connectivity index (χ1) is 17.4. The van der Waals surface area contributed by atoms with E-state index >= 15 is 0 Å². The van der Waals surface area contributed by atoms with E-state index in [2.05, 4.69) is 24.4 Å². The Balaban J connectivity index is 2.01. The van der Waals surface area contributed by atoms with Crippen molar-refractivity contribution < 1.29 is 14.3 Å². The molecule has 4 rings (SSSR count). The van der Waals surface area contributed by atoms with E-state index < -0.39 is 0 Å². The number of fused-ring (bicyclic) bond motifs is 3. The second kappa shape index (κ2) is 10.8. The van der Waals surface area contributed by atoms with Gasteiger partial charge in [0.25, 0.3) is 0 Å². The molecule has 2 heterocycles. The van der Waals surface area contributed by atoms with E-state index in [1.807, 2.05) is 39.0 Å². The summed E-state index contributed by atoms with van der Waals surface area (Å²) in [5.74, 6) is 1.34. The Morgan fingerprint density at radius 1 is 1.08 bits per heavy atom. The number of benzene rings is 2. The molecule has 36 heavy (non-hydrogen) atoms. The summed E-state index contributed by atoms with van der Waals surface area (Å²) in [5, 5.41) is 2.66.